The molecule has 4 rings (SSSR count). The number of fused-ring (bicyclic) bond motifs is 1. The highest BCUT2D eigenvalue weighted by Crippen LogP contribution is 2.17. The summed E-state index contributed by atoms with van der Waals surface area (Å²) in [4.78, 5) is 30.7. The van der Waals surface area contributed by atoms with Gasteiger partial charge in [-0.3, -0.25) is 14.6 Å². The average molecular weight is 375 g/mol. The number of hydrogen-bond acceptors (Lipinski definition) is 4. The molecule has 0 unspecified atom stereocenters. The molecule has 1 fully saturated rings. The third-order valence-corrected chi connectivity index (χ3v) is 4.94. The SMILES string of the molecule is O=C(/C=C/c1cccc2cccnc12)NC1CCN(C(=O)c2ccco2)CC1. The Bertz CT molecular complexity index is 998. The van der Waals surface area contributed by atoms with Gasteiger partial charge in [-0.1, -0.05) is 24.3 Å². The maximum atomic E-state index is 12.3. The Labute approximate surface area is 162 Å². The van der Waals surface area contributed by atoms with Crippen LogP contribution in [-0.2, 0) is 4.79 Å². The zero-order valence-corrected chi connectivity index (χ0v) is 15.4. The second kappa shape index (κ2) is 8.08. The molecule has 2 amide bonds. The van der Waals surface area contributed by atoms with Crippen LogP contribution in [0.25, 0.3) is 17.0 Å². The number of pyridine rings is 1. The van der Waals surface area contributed by atoms with E-state index in [1.165, 1.54) is 6.26 Å². The molecule has 0 atom stereocenters. The summed E-state index contributed by atoms with van der Waals surface area (Å²) in [7, 11) is 0. The molecular weight excluding hydrogens is 354 g/mol. The highest BCUT2D eigenvalue weighted by Gasteiger charge is 2.25. The quantitative estimate of drug-likeness (QED) is 0.710. The summed E-state index contributed by atoms with van der Waals surface area (Å²) >= 11 is 0. The second-order valence-corrected chi connectivity index (χ2v) is 6.81. The number of nitrogens with one attached hydrogen (secondary N) is 1. The number of hydrogen-bond donors (Lipinski definition) is 1. The molecule has 3 aromatic rings. The first-order valence-electron chi connectivity index (χ1n) is 9.36. The molecule has 1 aliphatic rings. The van der Waals surface area contributed by atoms with Crippen LogP contribution in [0.2, 0.25) is 0 Å². The first kappa shape index (κ1) is 18.0. The zero-order valence-electron chi connectivity index (χ0n) is 15.4. The molecule has 1 aliphatic heterocycles. The lowest BCUT2D eigenvalue weighted by molar-refractivity contribution is -0.117. The number of benzene rings is 1. The van der Waals surface area contributed by atoms with Gasteiger partial charge in [0.15, 0.2) is 5.76 Å². The molecule has 142 valence electrons. The van der Waals surface area contributed by atoms with Crippen LogP contribution in [0.15, 0.2) is 65.4 Å². The number of aromatic nitrogens is 1. The van der Waals surface area contributed by atoms with Crippen molar-refractivity contribution in [3.05, 3.63) is 72.3 Å². The molecule has 1 N–H and O–H groups in total. The number of carbonyl (C=O) groups is 2. The molecule has 6 heteroatoms. The second-order valence-electron chi connectivity index (χ2n) is 6.81. The summed E-state index contributed by atoms with van der Waals surface area (Å²) in [5, 5.41) is 4.06. The molecular formula is C22H21N3O3. The monoisotopic (exact) mass is 375 g/mol. The average Bonchev–Trinajstić information content (AvgIpc) is 3.27. The molecule has 0 spiro atoms. The fourth-order valence-electron chi connectivity index (χ4n) is 3.46. The van der Waals surface area contributed by atoms with Crippen LogP contribution in [0, 0.1) is 0 Å². The Morgan fingerprint density at radius 3 is 2.71 bits per heavy atom. The number of rotatable bonds is 4. The van der Waals surface area contributed by atoms with E-state index in [0.29, 0.717) is 18.8 Å². The summed E-state index contributed by atoms with van der Waals surface area (Å²) in [5.41, 5.74) is 1.78. The highest BCUT2D eigenvalue weighted by molar-refractivity contribution is 5.95. The van der Waals surface area contributed by atoms with Crippen molar-refractivity contribution in [1.82, 2.24) is 15.2 Å². The van der Waals surface area contributed by atoms with Crippen molar-refractivity contribution in [3.63, 3.8) is 0 Å². The number of para-hydroxylation sites is 1. The summed E-state index contributed by atoms with van der Waals surface area (Å²) < 4.78 is 5.17. The molecule has 1 aromatic carbocycles. The van der Waals surface area contributed by atoms with Crippen molar-refractivity contribution in [2.24, 2.45) is 0 Å². The van der Waals surface area contributed by atoms with E-state index in [0.717, 1.165) is 29.3 Å². The van der Waals surface area contributed by atoms with Gasteiger partial charge in [0.1, 0.15) is 0 Å². The molecule has 0 bridgehead atoms. The van der Waals surface area contributed by atoms with Gasteiger partial charge in [0, 0.05) is 42.4 Å². The van der Waals surface area contributed by atoms with Gasteiger partial charge in [-0.15, -0.1) is 0 Å². The predicted molar refractivity (Wildman–Crippen MR) is 107 cm³/mol. The van der Waals surface area contributed by atoms with E-state index in [2.05, 4.69) is 10.3 Å². The summed E-state index contributed by atoms with van der Waals surface area (Å²) in [5.74, 6) is 0.121. The predicted octanol–water partition coefficient (Wildman–Crippen LogP) is 3.26. The highest BCUT2D eigenvalue weighted by atomic mass is 16.3. The molecule has 0 aliphatic carbocycles. The van der Waals surface area contributed by atoms with Gasteiger partial charge in [0.2, 0.25) is 5.91 Å². The van der Waals surface area contributed by atoms with E-state index in [9.17, 15) is 9.59 Å². The molecule has 6 nitrogen and oxygen atoms in total. The Kier molecular flexibility index (Phi) is 5.19. The summed E-state index contributed by atoms with van der Waals surface area (Å²) in [6.07, 6.45) is 8.03. The normalized spacial score (nSPS) is 15.2. The largest absolute Gasteiger partial charge is 0.459 e. The van der Waals surface area contributed by atoms with Crippen LogP contribution in [0.3, 0.4) is 0 Å². The van der Waals surface area contributed by atoms with Crippen molar-refractivity contribution in [1.29, 1.82) is 0 Å². The van der Waals surface area contributed by atoms with E-state index in [1.54, 1.807) is 35.4 Å². The number of likely N-dealkylation sites (tertiary alicyclic amines) is 1. The maximum Gasteiger partial charge on any atom is 0.289 e. The topological polar surface area (TPSA) is 75.4 Å². The van der Waals surface area contributed by atoms with Crippen LogP contribution in [-0.4, -0.2) is 40.8 Å². The number of furan rings is 1. The minimum absolute atomic E-state index is 0.0587. The fourth-order valence-corrected chi connectivity index (χ4v) is 3.46. The lowest BCUT2D eigenvalue weighted by atomic mass is 10.0. The van der Waals surface area contributed by atoms with E-state index in [1.807, 2.05) is 30.3 Å². The van der Waals surface area contributed by atoms with E-state index in [4.69, 9.17) is 4.42 Å². The molecule has 3 heterocycles. The van der Waals surface area contributed by atoms with Crippen LogP contribution in [0.4, 0.5) is 0 Å². The Balaban J connectivity index is 1.32. The molecule has 0 radical (unpaired) electrons. The number of amides is 2. The Hall–Kier alpha value is -3.41. The first-order chi connectivity index (χ1) is 13.7. The fraction of sp³-hybridized carbons (Fsp3) is 0.227. The van der Waals surface area contributed by atoms with Gasteiger partial charge in [-0.2, -0.15) is 0 Å². The van der Waals surface area contributed by atoms with Crippen LogP contribution in [0.5, 0.6) is 0 Å². The van der Waals surface area contributed by atoms with Crippen LogP contribution >= 0.6 is 0 Å². The molecule has 2 aromatic heterocycles. The molecule has 0 saturated carbocycles. The molecule has 1 saturated heterocycles. The maximum absolute atomic E-state index is 12.3. The van der Waals surface area contributed by atoms with Gasteiger partial charge >= 0.3 is 0 Å². The lowest BCUT2D eigenvalue weighted by Gasteiger charge is -2.31. The zero-order chi connectivity index (χ0) is 19.3. The van der Waals surface area contributed by atoms with Crippen molar-refractivity contribution < 1.29 is 14.0 Å². The minimum Gasteiger partial charge on any atom is -0.459 e. The van der Waals surface area contributed by atoms with Crippen molar-refractivity contribution in [3.8, 4) is 0 Å². The number of nitrogens with zero attached hydrogens (tertiary/aromatic N) is 2. The van der Waals surface area contributed by atoms with Gasteiger partial charge in [-0.25, -0.2) is 0 Å². The Morgan fingerprint density at radius 1 is 1.11 bits per heavy atom. The van der Waals surface area contributed by atoms with Gasteiger partial charge in [0.05, 0.1) is 11.8 Å². The van der Waals surface area contributed by atoms with Crippen molar-refractivity contribution >= 4 is 28.8 Å². The van der Waals surface area contributed by atoms with Crippen molar-refractivity contribution in [2.75, 3.05) is 13.1 Å². The summed E-state index contributed by atoms with van der Waals surface area (Å²) in [6.45, 7) is 1.20. The van der Waals surface area contributed by atoms with Gasteiger partial charge in [-0.05, 0) is 37.1 Å². The first-order valence-corrected chi connectivity index (χ1v) is 9.36. The number of piperidine rings is 1. The van der Waals surface area contributed by atoms with Crippen LogP contribution in [0.1, 0.15) is 29.0 Å². The van der Waals surface area contributed by atoms with Gasteiger partial charge < -0.3 is 14.6 Å². The van der Waals surface area contributed by atoms with E-state index >= 15 is 0 Å². The summed E-state index contributed by atoms with van der Waals surface area (Å²) in [6, 6.07) is 13.2. The van der Waals surface area contributed by atoms with E-state index in [-0.39, 0.29) is 17.9 Å². The minimum atomic E-state index is -0.135. The smallest absolute Gasteiger partial charge is 0.289 e. The van der Waals surface area contributed by atoms with E-state index < -0.39 is 0 Å². The van der Waals surface area contributed by atoms with Crippen LogP contribution < -0.4 is 5.32 Å². The number of carbonyl (C=O) groups excluding carboxylic acids is 2. The molecule has 28 heavy (non-hydrogen) atoms. The lowest BCUT2D eigenvalue weighted by Crippen LogP contribution is -2.46. The third kappa shape index (κ3) is 3.96. The Morgan fingerprint density at radius 2 is 1.93 bits per heavy atom. The third-order valence-electron chi connectivity index (χ3n) is 4.94. The van der Waals surface area contributed by atoms with Crippen molar-refractivity contribution in [2.45, 2.75) is 18.9 Å². The standard InChI is InChI=1S/C22H21N3O3/c26-20(9-8-17-5-1-4-16-6-2-12-23-21(16)17)24-18-10-13-25(14-11-18)22(27)19-7-3-15-28-19/h1-9,12,15,18H,10-11,13-14H2,(H,24,26)/b9-8+. The van der Waals surface area contributed by atoms with Gasteiger partial charge in [0.25, 0.3) is 5.91 Å².